The third-order valence-corrected chi connectivity index (χ3v) is 2.88. The molecule has 3 nitrogen and oxygen atoms in total. The van der Waals surface area contributed by atoms with E-state index >= 15 is 0 Å². The van der Waals surface area contributed by atoms with Gasteiger partial charge in [-0.05, 0) is 29.8 Å². The number of pyridine rings is 1. The Morgan fingerprint density at radius 3 is 2.50 bits per heavy atom. The average Bonchev–Trinajstić information content (AvgIpc) is 2.41. The molecule has 0 saturated carbocycles. The Bertz CT molecular complexity index is 468. The second-order valence-electron chi connectivity index (χ2n) is 4.40. The lowest BCUT2D eigenvalue weighted by atomic mass is 10.1. The zero-order chi connectivity index (χ0) is 12.8. The molecule has 0 radical (unpaired) electrons. The van der Waals surface area contributed by atoms with Crippen molar-refractivity contribution in [3.05, 3.63) is 54.4 Å². The average molecular weight is 242 g/mol. The quantitative estimate of drug-likeness (QED) is 0.873. The van der Waals surface area contributed by atoms with E-state index in [1.165, 1.54) is 11.1 Å². The van der Waals surface area contributed by atoms with E-state index < -0.39 is 0 Å². The molecule has 0 aliphatic carbocycles. The minimum absolute atomic E-state index is 0.199. The topological polar surface area (TPSA) is 36.4 Å². The molecule has 94 valence electrons. The smallest absolute Gasteiger partial charge is 0.0558 e. The molecule has 1 aromatic carbocycles. The first-order chi connectivity index (χ1) is 8.79. The van der Waals surface area contributed by atoms with Crippen LogP contribution in [0.15, 0.2) is 48.8 Å². The van der Waals surface area contributed by atoms with Gasteiger partial charge >= 0.3 is 0 Å². The van der Waals surface area contributed by atoms with Gasteiger partial charge < -0.3 is 5.11 Å². The molecule has 0 bridgehead atoms. The van der Waals surface area contributed by atoms with Crippen LogP contribution in [0.1, 0.15) is 5.56 Å². The van der Waals surface area contributed by atoms with E-state index in [0.29, 0.717) is 6.54 Å². The van der Waals surface area contributed by atoms with Crippen molar-refractivity contribution in [1.82, 2.24) is 9.88 Å². The molecule has 2 rings (SSSR count). The van der Waals surface area contributed by atoms with Crippen molar-refractivity contribution in [3.8, 4) is 11.1 Å². The van der Waals surface area contributed by atoms with Crippen LogP contribution < -0.4 is 0 Å². The lowest BCUT2D eigenvalue weighted by Gasteiger charge is -2.15. The van der Waals surface area contributed by atoms with Gasteiger partial charge in [0.05, 0.1) is 6.61 Å². The summed E-state index contributed by atoms with van der Waals surface area (Å²) in [6.45, 7) is 1.75. The molecule has 0 amide bonds. The molecule has 0 aliphatic heterocycles. The standard InChI is InChI=1S/C15H18N2O/c1-17(9-10-18)12-13-4-6-14(7-5-13)15-3-2-8-16-11-15/h2-8,11,18H,9-10,12H2,1H3. The normalized spacial score (nSPS) is 10.8. The lowest BCUT2D eigenvalue weighted by molar-refractivity contribution is 0.217. The zero-order valence-corrected chi connectivity index (χ0v) is 10.6. The van der Waals surface area contributed by atoms with Crippen LogP contribution in [0.3, 0.4) is 0 Å². The van der Waals surface area contributed by atoms with Crippen molar-refractivity contribution in [3.63, 3.8) is 0 Å². The first-order valence-electron chi connectivity index (χ1n) is 6.08. The van der Waals surface area contributed by atoms with Gasteiger partial charge in [-0.25, -0.2) is 0 Å². The number of nitrogens with zero attached hydrogens (tertiary/aromatic N) is 2. The van der Waals surface area contributed by atoms with E-state index in [-0.39, 0.29) is 6.61 Å². The Hall–Kier alpha value is -1.71. The van der Waals surface area contributed by atoms with Gasteiger partial charge in [-0.1, -0.05) is 30.3 Å². The summed E-state index contributed by atoms with van der Waals surface area (Å²) in [7, 11) is 2.01. The molecular weight excluding hydrogens is 224 g/mol. The highest BCUT2D eigenvalue weighted by Crippen LogP contribution is 2.18. The van der Waals surface area contributed by atoms with Crippen LogP contribution in [-0.2, 0) is 6.54 Å². The number of aromatic nitrogens is 1. The van der Waals surface area contributed by atoms with Crippen LogP contribution in [0, 0.1) is 0 Å². The van der Waals surface area contributed by atoms with Crippen molar-refractivity contribution in [2.45, 2.75) is 6.54 Å². The predicted molar refractivity (Wildman–Crippen MR) is 73.1 cm³/mol. The molecule has 1 aromatic heterocycles. The Morgan fingerprint density at radius 1 is 1.11 bits per heavy atom. The summed E-state index contributed by atoms with van der Waals surface area (Å²) in [5.41, 5.74) is 3.56. The third-order valence-electron chi connectivity index (χ3n) is 2.88. The minimum Gasteiger partial charge on any atom is -0.395 e. The lowest BCUT2D eigenvalue weighted by Crippen LogP contribution is -2.21. The summed E-state index contributed by atoms with van der Waals surface area (Å²) in [6.07, 6.45) is 3.65. The predicted octanol–water partition coefficient (Wildman–Crippen LogP) is 2.17. The van der Waals surface area contributed by atoms with Gasteiger partial charge in [0.1, 0.15) is 0 Å². The maximum absolute atomic E-state index is 8.86. The van der Waals surface area contributed by atoms with Crippen molar-refractivity contribution in [2.75, 3.05) is 20.2 Å². The van der Waals surface area contributed by atoms with E-state index in [1.807, 2.05) is 19.3 Å². The van der Waals surface area contributed by atoms with Crippen molar-refractivity contribution in [1.29, 1.82) is 0 Å². The SMILES string of the molecule is CN(CCO)Cc1ccc(-c2cccnc2)cc1. The van der Waals surface area contributed by atoms with E-state index in [2.05, 4.69) is 40.2 Å². The second-order valence-corrected chi connectivity index (χ2v) is 4.40. The van der Waals surface area contributed by atoms with E-state index in [9.17, 15) is 0 Å². The molecule has 0 spiro atoms. The Morgan fingerprint density at radius 2 is 1.89 bits per heavy atom. The first-order valence-corrected chi connectivity index (χ1v) is 6.08. The molecule has 2 aromatic rings. The highest BCUT2D eigenvalue weighted by molar-refractivity contribution is 5.62. The van der Waals surface area contributed by atoms with Crippen LogP contribution in [-0.4, -0.2) is 35.2 Å². The van der Waals surface area contributed by atoms with Gasteiger partial charge in [-0.2, -0.15) is 0 Å². The van der Waals surface area contributed by atoms with Gasteiger partial charge in [-0.15, -0.1) is 0 Å². The number of rotatable bonds is 5. The van der Waals surface area contributed by atoms with Crippen molar-refractivity contribution >= 4 is 0 Å². The number of hydrogen-bond acceptors (Lipinski definition) is 3. The number of likely N-dealkylation sites (N-methyl/N-ethyl adjacent to an activating group) is 1. The monoisotopic (exact) mass is 242 g/mol. The third kappa shape index (κ3) is 3.39. The Kier molecular flexibility index (Phi) is 4.45. The fourth-order valence-electron chi connectivity index (χ4n) is 1.90. The van der Waals surface area contributed by atoms with Crippen LogP contribution in [0.2, 0.25) is 0 Å². The van der Waals surface area contributed by atoms with Crippen LogP contribution in [0.25, 0.3) is 11.1 Å². The summed E-state index contributed by atoms with van der Waals surface area (Å²) in [5.74, 6) is 0. The van der Waals surface area contributed by atoms with Crippen LogP contribution in [0.4, 0.5) is 0 Å². The fraction of sp³-hybridized carbons (Fsp3) is 0.267. The molecule has 0 fully saturated rings. The number of aliphatic hydroxyl groups excluding tert-OH is 1. The largest absolute Gasteiger partial charge is 0.395 e. The summed E-state index contributed by atoms with van der Waals surface area (Å²) in [6, 6.07) is 12.5. The Labute approximate surface area is 108 Å². The summed E-state index contributed by atoms with van der Waals surface area (Å²) < 4.78 is 0. The highest BCUT2D eigenvalue weighted by atomic mass is 16.3. The highest BCUT2D eigenvalue weighted by Gasteiger charge is 2.01. The van der Waals surface area contributed by atoms with Gasteiger partial charge in [0, 0.05) is 25.5 Å². The minimum atomic E-state index is 0.199. The van der Waals surface area contributed by atoms with Gasteiger partial charge in [0.25, 0.3) is 0 Å². The van der Waals surface area contributed by atoms with Gasteiger partial charge in [0.2, 0.25) is 0 Å². The zero-order valence-electron chi connectivity index (χ0n) is 10.6. The molecular formula is C15H18N2O. The maximum atomic E-state index is 8.86. The molecule has 0 atom stereocenters. The van der Waals surface area contributed by atoms with E-state index in [4.69, 9.17) is 5.11 Å². The molecule has 0 saturated heterocycles. The first kappa shape index (κ1) is 12.7. The molecule has 1 N–H and O–H groups in total. The summed E-state index contributed by atoms with van der Waals surface area (Å²) >= 11 is 0. The van der Waals surface area contributed by atoms with E-state index in [0.717, 1.165) is 12.1 Å². The van der Waals surface area contributed by atoms with Gasteiger partial charge in [-0.3, -0.25) is 9.88 Å². The fourth-order valence-corrected chi connectivity index (χ4v) is 1.90. The molecule has 0 aliphatic rings. The summed E-state index contributed by atoms with van der Waals surface area (Å²) in [5, 5.41) is 8.86. The van der Waals surface area contributed by atoms with Gasteiger partial charge in [0.15, 0.2) is 0 Å². The van der Waals surface area contributed by atoms with Crippen LogP contribution in [0.5, 0.6) is 0 Å². The van der Waals surface area contributed by atoms with E-state index in [1.54, 1.807) is 6.20 Å². The number of hydrogen-bond donors (Lipinski definition) is 1. The Balaban J connectivity index is 2.06. The molecule has 18 heavy (non-hydrogen) atoms. The molecule has 3 heteroatoms. The number of aliphatic hydroxyl groups is 1. The number of benzene rings is 1. The second kappa shape index (κ2) is 6.28. The molecule has 1 heterocycles. The van der Waals surface area contributed by atoms with Crippen molar-refractivity contribution < 1.29 is 5.11 Å². The van der Waals surface area contributed by atoms with Crippen LogP contribution >= 0.6 is 0 Å². The molecule has 0 unspecified atom stereocenters. The summed E-state index contributed by atoms with van der Waals surface area (Å²) in [4.78, 5) is 6.22. The maximum Gasteiger partial charge on any atom is 0.0558 e. The van der Waals surface area contributed by atoms with Crippen molar-refractivity contribution in [2.24, 2.45) is 0 Å².